The van der Waals surface area contributed by atoms with Crippen molar-refractivity contribution in [2.45, 2.75) is 32.4 Å². The van der Waals surface area contributed by atoms with E-state index in [1.807, 2.05) is 31.3 Å². The smallest absolute Gasteiger partial charge is 0.272 e. The molecule has 0 saturated heterocycles. The maximum atomic E-state index is 10.9. The van der Waals surface area contributed by atoms with E-state index < -0.39 is 0 Å². The highest BCUT2D eigenvalue weighted by molar-refractivity contribution is 5.39. The van der Waals surface area contributed by atoms with Crippen LogP contribution in [0.3, 0.4) is 0 Å². The lowest BCUT2D eigenvalue weighted by atomic mass is 10.1. The van der Waals surface area contributed by atoms with Gasteiger partial charge in [0.05, 0.1) is 4.92 Å². The number of para-hydroxylation sites is 1. The van der Waals surface area contributed by atoms with Crippen LogP contribution >= 0.6 is 0 Å². The number of nitrogens with two attached hydrogens (primary N) is 1. The normalized spacial score (nSPS) is 12.3. The quantitative estimate of drug-likeness (QED) is 0.649. The summed E-state index contributed by atoms with van der Waals surface area (Å²) in [4.78, 5) is 10.6. The molecular formula is C15H19N3O2. The Labute approximate surface area is 118 Å². The number of benzene rings is 1. The van der Waals surface area contributed by atoms with Crippen molar-refractivity contribution in [3.05, 3.63) is 64.0 Å². The van der Waals surface area contributed by atoms with Gasteiger partial charge in [-0.2, -0.15) is 0 Å². The molecule has 20 heavy (non-hydrogen) atoms. The summed E-state index contributed by atoms with van der Waals surface area (Å²) >= 11 is 0. The third-order valence-corrected chi connectivity index (χ3v) is 3.20. The molecule has 2 aromatic rings. The van der Waals surface area contributed by atoms with Gasteiger partial charge in [0.25, 0.3) is 5.69 Å². The van der Waals surface area contributed by atoms with Crippen molar-refractivity contribution in [3.63, 3.8) is 0 Å². The highest BCUT2D eigenvalue weighted by atomic mass is 16.6. The number of aryl methyl sites for hydroxylation is 2. The molecule has 2 N–H and O–H groups in total. The first-order valence-electron chi connectivity index (χ1n) is 6.69. The van der Waals surface area contributed by atoms with E-state index in [0.29, 0.717) is 6.42 Å². The molecule has 106 valence electrons. The molecule has 1 aromatic carbocycles. The van der Waals surface area contributed by atoms with Crippen molar-refractivity contribution in [1.29, 1.82) is 0 Å². The molecule has 0 saturated carbocycles. The number of nitrogens with zero attached hydrogens (tertiary/aromatic N) is 2. The number of nitro groups is 1. The summed E-state index contributed by atoms with van der Waals surface area (Å²) in [6, 6.07) is 9.07. The minimum atomic E-state index is -0.327. The van der Waals surface area contributed by atoms with Crippen LogP contribution in [0.2, 0.25) is 0 Å². The molecule has 1 unspecified atom stereocenters. The fourth-order valence-electron chi connectivity index (χ4n) is 2.27. The van der Waals surface area contributed by atoms with Crippen LogP contribution in [-0.4, -0.2) is 15.5 Å². The van der Waals surface area contributed by atoms with Crippen molar-refractivity contribution in [2.24, 2.45) is 5.73 Å². The first-order chi connectivity index (χ1) is 9.56. The van der Waals surface area contributed by atoms with Crippen LogP contribution in [0, 0.1) is 10.1 Å². The van der Waals surface area contributed by atoms with Crippen LogP contribution in [0.5, 0.6) is 0 Å². The summed E-state index contributed by atoms with van der Waals surface area (Å²) in [6.45, 7) is 2.70. The first kappa shape index (κ1) is 14.3. The van der Waals surface area contributed by atoms with Crippen LogP contribution in [0.1, 0.15) is 18.1 Å². The van der Waals surface area contributed by atoms with Crippen molar-refractivity contribution in [1.82, 2.24) is 4.57 Å². The second kappa shape index (κ2) is 6.34. The van der Waals surface area contributed by atoms with Gasteiger partial charge in [0.1, 0.15) is 0 Å². The monoisotopic (exact) mass is 273 g/mol. The Morgan fingerprint density at radius 3 is 2.80 bits per heavy atom. The predicted octanol–water partition coefficient (Wildman–Crippen LogP) is 2.53. The molecular weight excluding hydrogens is 254 g/mol. The molecule has 0 aliphatic carbocycles. The Balaban J connectivity index is 2.02. The van der Waals surface area contributed by atoms with Crippen LogP contribution in [0.25, 0.3) is 0 Å². The Morgan fingerprint density at radius 1 is 1.35 bits per heavy atom. The maximum Gasteiger partial charge on any atom is 0.272 e. The molecule has 0 bridgehead atoms. The molecule has 5 nitrogen and oxygen atoms in total. The first-order valence-corrected chi connectivity index (χ1v) is 6.69. The summed E-state index contributed by atoms with van der Waals surface area (Å²) in [5, 5.41) is 10.9. The number of hydrogen-bond acceptors (Lipinski definition) is 3. The lowest BCUT2D eigenvalue weighted by Crippen LogP contribution is -2.17. The van der Waals surface area contributed by atoms with Crippen LogP contribution < -0.4 is 5.73 Å². The van der Waals surface area contributed by atoms with Gasteiger partial charge in [-0.25, -0.2) is 0 Å². The van der Waals surface area contributed by atoms with Crippen molar-refractivity contribution in [2.75, 3.05) is 0 Å². The zero-order valence-corrected chi connectivity index (χ0v) is 11.5. The van der Waals surface area contributed by atoms with E-state index >= 15 is 0 Å². The zero-order valence-electron chi connectivity index (χ0n) is 11.5. The van der Waals surface area contributed by atoms with Gasteiger partial charge in [-0.05, 0) is 31.4 Å². The Kier molecular flexibility index (Phi) is 4.53. The third kappa shape index (κ3) is 3.68. The molecule has 0 radical (unpaired) electrons. The Morgan fingerprint density at radius 2 is 2.10 bits per heavy atom. The SMILES string of the molecule is CC(N)Cc1ccn(CCc2ccccc2[N+](=O)[O-])c1. The van der Waals surface area contributed by atoms with Gasteiger partial charge in [-0.3, -0.25) is 10.1 Å². The summed E-state index contributed by atoms with van der Waals surface area (Å²) in [5.74, 6) is 0. The van der Waals surface area contributed by atoms with E-state index in [1.54, 1.807) is 12.1 Å². The lowest BCUT2D eigenvalue weighted by molar-refractivity contribution is -0.385. The van der Waals surface area contributed by atoms with Gasteiger partial charge in [0.2, 0.25) is 0 Å². The Bertz CT molecular complexity index is 590. The molecule has 5 heteroatoms. The molecule has 1 atom stereocenters. The molecule has 1 aromatic heterocycles. The Hall–Kier alpha value is -2.14. The number of aromatic nitrogens is 1. The van der Waals surface area contributed by atoms with Crippen molar-refractivity contribution < 1.29 is 4.92 Å². The minimum absolute atomic E-state index is 0.140. The minimum Gasteiger partial charge on any atom is -0.354 e. The number of nitro benzene ring substituents is 1. The van der Waals surface area contributed by atoms with E-state index in [9.17, 15) is 10.1 Å². The van der Waals surface area contributed by atoms with Gasteiger partial charge >= 0.3 is 0 Å². The van der Waals surface area contributed by atoms with E-state index in [1.165, 1.54) is 5.56 Å². The molecule has 0 amide bonds. The molecule has 1 heterocycles. The zero-order chi connectivity index (χ0) is 14.5. The predicted molar refractivity (Wildman–Crippen MR) is 78.6 cm³/mol. The summed E-state index contributed by atoms with van der Waals surface area (Å²) < 4.78 is 2.05. The van der Waals surface area contributed by atoms with Gasteiger partial charge in [0.15, 0.2) is 0 Å². The average molecular weight is 273 g/mol. The molecule has 2 rings (SSSR count). The van der Waals surface area contributed by atoms with Crippen molar-refractivity contribution >= 4 is 5.69 Å². The van der Waals surface area contributed by atoms with E-state index in [4.69, 9.17) is 5.73 Å². The van der Waals surface area contributed by atoms with Crippen molar-refractivity contribution in [3.8, 4) is 0 Å². The second-order valence-corrected chi connectivity index (χ2v) is 5.07. The topological polar surface area (TPSA) is 74.1 Å². The summed E-state index contributed by atoms with van der Waals surface area (Å²) in [7, 11) is 0. The maximum absolute atomic E-state index is 10.9. The van der Waals surface area contributed by atoms with Gasteiger partial charge in [-0.1, -0.05) is 18.2 Å². The highest BCUT2D eigenvalue weighted by Crippen LogP contribution is 2.18. The van der Waals surface area contributed by atoms with E-state index in [-0.39, 0.29) is 16.7 Å². The molecule has 0 spiro atoms. The number of rotatable bonds is 6. The highest BCUT2D eigenvalue weighted by Gasteiger charge is 2.11. The summed E-state index contributed by atoms with van der Waals surface area (Å²) in [5.41, 5.74) is 7.92. The van der Waals surface area contributed by atoms with Gasteiger partial charge < -0.3 is 10.3 Å². The third-order valence-electron chi connectivity index (χ3n) is 3.20. The number of hydrogen-bond donors (Lipinski definition) is 1. The van der Waals surface area contributed by atoms with Gasteiger partial charge in [-0.15, -0.1) is 0 Å². The average Bonchev–Trinajstić information content (AvgIpc) is 2.83. The van der Waals surface area contributed by atoms with Crippen LogP contribution in [-0.2, 0) is 19.4 Å². The fraction of sp³-hybridized carbons (Fsp3) is 0.333. The molecule has 0 aliphatic heterocycles. The summed E-state index contributed by atoms with van der Waals surface area (Å²) in [6.07, 6.45) is 5.53. The fourth-order valence-corrected chi connectivity index (χ4v) is 2.27. The largest absolute Gasteiger partial charge is 0.354 e. The van der Waals surface area contributed by atoms with Crippen LogP contribution in [0.15, 0.2) is 42.7 Å². The van der Waals surface area contributed by atoms with E-state index in [2.05, 4.69) is 10.8 Å². The van der Waals surface area contributed by atoms with E-state index in [0.717, 1.165) is 18.5 Å². The molecule has 0 fully saturated rings. The lowest BCUT2D eigenvalue weighted by Gasteiger charge is -2.05. The van der Waals surface area contributed by atoms with Crippen LogP contribution in [0.4, 0.5) is 5.69 Å². The standard InChI is InChI=1S/C15H19N3O2/c1-12(16)10-13-6-8-17(11-13)9-7-14-4-2-3-5-15(14)18(19)20/h2-6,8,11-12H,7,9-10,16H2,1H3. The molecule has 0 aliphatic rings. The van der Waals surface area contributed by atoms with Gasteiger partial charge in [0, 0.05) is 36.6 Å². The second-order valence-electron chi connectivity index (χ2n) is 5.07.